The van der Waals surface area contributed by atoms with Gasteiger partial charge in [-0.15, -0.1) is 0 Å². The van der Waals surface area contributed by atoms with Gasteiger partial charge in [0.2, 0.25) is 5.88 Å². The minimum Gasteiger partial charge on any atom is -0.481 e. The number of hydrogen-bond acceptors (Lipinski definition) is 8. The average molecular weight is 707 g/mol. The highest BCUT2D eigenvalue weighted by Crippen LogP contribution is 2.46. The Morgan fingerprint density at radius 2 is 1.80 bits per heavy atom. The summed E-state index contributed by atoms with van der Waals surface area (Å²) in [7, 11) is 4.77. The Morgan fingerprint density at radius 3 is 2.61 bits per heavy atom. The van der Waals surface area contributed by atoms with Crippen LogP contribution in [0, 0.1) is 6.92 Å². The number of fused-ring (bicyclic) bond motifs is 2. The predicted octanol–water partition coefficient (Wildman–Crippen LogP) is 5.21. The molecule has 2 unspecified atom stereocenters. The summed E-state index contributed by atoms with van der Waals surface area (Å²) in [4.78, 5) is 49.9. The molecule has 12 nitrogen and oxygen atoms in total. The number of ether oxygens (including phenoxy) is 1. The van der Waals surface area contributed by atoms with Crippen LogP contribution in [0.25, 0.3) is 33.3 Å². The predicted molar refractivity (Wildman–Crippen MR) is 198 cm³/mol. The quantitative estimate of drug-likeness (QED) is 0.219. The van der Waals surface area contributed by atoms with E-state index < -0.39 is 11.2 Å². The number of carbonyl (C=O) groups excluding carboxylic acids is 1. The van der Waals surface area contributed by atoms with Crippen LogP contribution in [0.1, 0.15) is 42.0 Å². The summed E-state index contributed by atoms with van der Waals surface area (Å²) in [5.74, 6) is 0.969. The second-order valence-corrected chi connectivity index (χ2v) is 14.2. The Morgan fingerprint density at radius 1 is 1.02 bits per heavy atom. The lowest BCUT2D eigenvalue weighted by Gasteiger charge is -2.36. The molecule has 1 aliphatic carbocycles. The molecule has 1 spiro atoms. The van der Waals surface area contributed by atoms with E-state index in [1.165, 1.54) is 17.2 Å². The summed E-state index contributed by atoms with van der Waals surface area (Å²) < 4.78 is 8.48. The number of methoxy groups -OCH3 is 1. The van der Waals surface area contributed by atoms with Crippen molar-refractivity contribution in [3.8, 4) is 28.3 Å². The fraction of sp³-hybridized carbons (Fsp3) is 0.342. The normalized spacial score (nSPS) is 20.0. The van der Waals surface area contributed by atoms with Crippen LogP contribution < -0.4 is 31.9 Å². The van der Waals surface area contributed by atoms with E-state index in [4.69, 9.17) is 21.3 Å². The van der Waals surface area contributed by atoms with Crippen LogP contribution >= 0.6 is 11.6 Å². The number of halogens is 1. The number of carbonyl (C=O) groups is 1. The summed E-state index contributed by atoms with van der Waals surface area (Å²) in [6.07, 6.45) is 5.28. The van der Waals surface area contributed by atoms with Gasteiger partial charge in [0.15, 0.2) is 0 Å². The monoisotopic (exact) mass is 706 g/mol. The largest absolute Gasteiger partial charge is 0.481 e. The van der Waals surface area contributed by atoms with E-state index in [1.54, 1.807) is 26.4 Å². The zero-order chi connectivity index (χ0) is 35.6. The number of benzene rings is 2. The van der Waals surface area contributed by atoms with Crippen molar-refractivity contribution in [3.05, 3.63) is 97.3 Å². The van der Waals surface area contributed by atoms with Crippen molar-refractivity contribution >= 4 is 40.0 Å². The molecule has 5 heterocycles. The van der Waals surface area contributed by atoms with Crippen LogP contribution in [0.2, 0.25) is 5.02 Å². The van der Waals surface area contributed by atoms with Gasteiger partial charge in [0.25, 0.3) is 5.56 Å². The molecule has 5 aromatic rings. The lowest BCUT2D eigenvalue weighted by Crippen LogP contribution is -2.59. The molecule has 3 N–H and O–H groups in total. The van der Waals surface area contributed by atoms with Crippen molar-refractivity contribution in [1.82, 2.24) is 34.6 Å². The number of amides is 2. The van der Waals surface area contributed by atoms with Gasteiger partial charge in [0, 0.05) is 68.3 Å². The Balaban J connectivity index is 1.12. The maximum absolute atomic E-state index is 13.2. The van der Waals surface area contributed by atoms with Gasteiger partial charge in [-0.2, -0.15) is 0 Å². The fourth-order valence-corrected chi connectivity index (χ4v) is 8.55. The molecule has 0 bridgehead atoms. The average Bonchev–Trinajstić information content (AvgIpc) is 3.74. The highest BCUT2D eigenvalue weighted by atomic mass is 35.5. The summed E-state index contributed by atoms with van der Waals surface area (Å²) >= 11 is 7.25. The standard InChI is InChI=1S/C38H39ClN8O4/c1-21-23(7-6-10-26(21)42-33-31-28(13-16-40-33)45(2)37(50)46(3)35(31)48)24-8-5-9-25(32(24)39)27-19-22-11-12-29(30(22)34(43-27)51-4)47-18-15-38(20-47)14-17-41-36(49)44-38/h5-10,13,16,19,29H,11-12,14-15,17-18,20H2,1-4H3,(H,40,42)(H2,41,44,49). The first-order valence-electron chi connectivity index (χ1n) is 17.2. The highest BCUT2D eigenvalue weighted by Gasteiger charge is 2.45. The molecule has 3 aromatic heterocycles. The van der Waals surface area contributed by atoms with E-state index >= 15 is 0 Å². The van der Waals surface area contributed by atoms with E-state index in [2.05, 4.69) is 31.9 Å². The maximum atomic E-state index is 13.2. The number of aryl methyl sites for hydroxylation is 2. The first kappa shape index (κ1) is 33.0. The van der Waals surface area contributed by atoms with Crippen molar-refractivity contribution in [2.45, 2.75) is 44.2 Å². The van der Waals surface area contributed by atoms with Crippen LogP contribution in [-0.2, 0) is 20.5 Å². The molecule has 13 heteroatoms. The molecule has 8 rings (SSSR count). The summed E-state index contributed by atoms with van der Waals surface area (Å²) in [5.41, 5.74) is 6.76. The lowest BCUT2D eigenvalue weighted by atomic mass is 9.93. The molecule has 2 aromatic carbocycles. The van der Waals surface area contributed by atoms with Crippen molar-refractivity contribution < 1.29 is 9.53 Å². The molecule has 0 radical (unpaired) electrons. The molecule has 2 saturated heterocycles. The van der Waals surface area contributed by atoms with Crippen molar-refractivity contribution in [2.24, 2.45) is 14.1 Å². The van der Waals surface area contributed by atoms with Crippen molar-refractivity contribution in [1.29, 1.82) is 0 Å². The molecular formula is C38H39ClN8O4. The Bertz CT molecular complexity index is 2370. The minimum atomic E-state index is -0.420. The molecule has 0 saturated carbocycles. The number of urea groups is 1. The number of nitrogens with zero attached hydrogens (tertiary/aromatic N) is 5. The summed E-state index contributed by atoms with van der Waals surface area (Å²) in [6.45, 7) is 4.40. The fourth-order valence-electron chi connectivity index (χ4n) is 8.23. The maximum Gasteiger partial charge on any atom is 0.330 e. The van der Waals surface area contributed by atoms with Gasteiger partial charge >= 0.3 is 11.7 Å². The minimum absolute atomic E-state index is 0.0841. The van der Waals surface area contributed by atoms with Gasteiger partial charge < -0.3 is 20.7 Å². The van der Waals surface area contributed by atoms with Crippen LogP contribution in [0.5, 0.6) is 5.88 Å². The van der Waals surface area contributed by atoms with E-state index in [1.807, 2.05) is 43.3 Å². The number of nitrogens with one attached hydrogen (secondary N) is 3. The number of hydrogen-bond donors (Lipinski definition) is 3. The first-order chi connectivity index (χ1) is 24.6. The van der Waals surface area contributed by atoms with E-state index in [0.29, 0.717) is 34.2 Å². The van der Waals surface area contributed by atoms with Crippen LogP contribution in [-0.4, -0.2) is 62.3 Å². The molecule has 2 aliphatic heterocycles. The molecule has 3 aliphatic rings. The summed E-state index contributed by atoms with van der Waals surface area (Å²) in [6, 6.07) is 15.7. The Labute approximate surface area is 299 Å². The molecule has 2 fully saturated rings. The summed E-state index contributed by atoms with van der Waals surface area (Å²) in [5, 5.41) is 10.3. The Kier molecular flexibility index (Phi) is 8.10. The molecule has 51 heavy (non-hydrogen) atoms. The van der Waals surface area contributed by atoms with E-state index in [-0.39, 0.29) is 17.6 Å². The molecule has 2 amide bonds. The Hall–Kier alpha value is -5.20. The van der Waals surface area contributed by atoms with Gasteiger partial charge in [-0.05, 0) is 67.5 Å². The number of aromatic nitrogens is 4. The van der Waals surface area contributed by atoms with Gasteiger partial charge in [0.1, 0.15) is 11.2 Å². The smallest absolute Gasteiger partial charge is 0.330 e. The third-order valence-electron chi connectivity index (χ3n) is 10.9. The number of pyridine rings is 2. The zero-order valence-electron chi connectivity index (χ0n) is 29.0. The number of anilines is 2. The number of rotatable bonds is 6. The lowest BCUT2D eigenvalue weighted by molar-refractivity contribution is 0.187. The molecule has 262 valence electrons. The molecular weight excluding hydrogens is 668 g/mol. The third-order valence-corrected chi connectivity index (χ3v) is 11.4. The highest BCUT2D eigenvalue weighted by molar-refractivity contribution is 6.36. The van der Waals surface area contributed by atoms with Gasteiger partial charge in [0.05, 0.1) is 28.9 Å². The van der Waals surface area contributed by atoms with E-state index in [9.17, 15) is 14.4 Å². The van der Waals surface area contributed by atoms with E-state index in [0.717, 1.165) is 82.5 Å². The van der Waals surface area contributed by atoms with Crippen LogP contribution in [0.15, 0.2) is 64.3 Å². The topological polar surface area (TPSA) is 135 Å². The van der Waals surface area contributed by atoms with Crippen molar-refractivity contribution in [2.75, 3.05) is 32.1 Å². The van der Waals surface area contributed by atoms with Gasteiger partial charge in [-0.3, -0.25) is 18.8 Å². The molecule has 2 atom stereocenters. The van der Waals surface area contributed by atoms with Crippen LogP contribution in [0.4, 0.5) is 16.3 Å². The van der Waals surface area contributed by atoms with Crippen molar-refractivity contribution in [3.63, 3.8) is 0 Å². The SMILES string of the molecule is COc1nc(-c2cccc(-c3cccc(Nc4nccc5c4c(=O)n(C)c(=O)n5C)c3C)c2Cl)cc2c1C(N1CCC3(CCNC(=O)N3)C1)CC2. The second-order valence-electron chi connectivity index (χ2n) is 13.8. The van der Waals surface area contributed by atoms with Crippen LogP contribution in [0.3, 0.4) is 0 Å². The second kappa shape index (κ2) is 12.5. The van der Waals surface area contributed by atoms with Gasteiger partial charge in [-0.1, -0.05) is 41.9 Å². The third kappa shape index (κ3) is 5.44. The number of likely N-dealkylation sites (tertiary alicyclic amines) is 1. The first-order valence-corrected chi connectivity index (χ1v) is 17.6. The zero-order valence-corrected chi connectivity index (χ0v) is 29.7. The van der Waals surface area contributed by atoms with Gasteiger partial charge in [-0.25, -0.2) is 19.6 Å².